The minimum Gasteiger partial charge on any atom is -0.396 e. The summed E-state index contributed by atoms with van der Waals surface area (Å²) in [6.45, 7) is 10.3. The Morgan fingerprint density at radius 3 is 1.11 bits per heavy atom. The maximum absolute atomic E-state index is 10.5. The van der Waals surface area contributed by atoms with Crippen LogP contribution in [-0.2, 0) is 18.2 Å². The summed E-state index contributed by atoms with van der Waals surface area (Å²) in [5.41, 5.74) is -0.306. The first-order valence-corrected chi connectivity index (χ1v) is 10.7. The lowest BCUT2D eigenvalue weighted by Gasteiger charge is -2.16. The van der Waals surface area contributed by atoms with E-state index in [0.29, 0.717) is 0 Å². The van der Waals surface area contributed by atoms with E-state index in [9.17, 15) is 9.13 Å². The molecule has 0 radical (unpaired) electrons. The van der Waals surface area contributed by atoms with Crippen LogP contribution in [0.3, 0.4) is 0 Å². The molecular weight excluding hydrogens is 290 g/mol. The highest BCUT2D eigenvalue weighted by Gasteiger charge is 2.13. The van der Waals surface area contributed by atoms with E-state index in [1.807, 2.05) is 0 Å². The number of rotatable bonds is 4. The highest BCUT2D eigenvalue weighted by atomic mass is 31.2. The molecule has 0 saturated heterocycles. The maximum atomic E-state index is 10.5. The van der Waals surface area contributed by atoms with Gasteiger partial charge in [0, 0.05) is 26.3 Å². The van der Waals surface area contributed by atoms with E-state index in [4.69, 9.17) is 10.2 Å². The Morgan fingerprint density at radius 1 is 0.895 bits per heavy atom. The maximum Gasteiger partial charge on any atom is 0.327 e. The fourth-order valence-corrected chi connectivity index (χ4v) is 0.274. The average Bonchev–Trinajstić information content (AvgIpc) is 2.28. The van der Waals surface area contributed by atoms with Crippen LogP contribution in [0.5, 0.6) is 0 Å². The number of aliphatic hydroxyl groups is 2. The standard InChI is InChI=1S/C5H12O2.C3H9O3P.C3H9OP/c1-5(2,3-6)4-7;1-5-7(3,4)6-2;1-5(2,3)4/h6-7H,3-4H2,1-2H3;1-3H3;1-3H3. The summed E-state index contributed by atoms with van der Waals surface area (Å²) in [5.74, 6) is 0. The fraction of sp³-hybridized carbons (Fsp3) is 1.00. The normalized spacial score (nSPS) is 11.9. The number of hydrogen-bond acceptors (Lipinski definition) is 6. The van der Waals surface area contributed by atoms with Crippen molar-refractivity contribution in [3.05, 3.63) is 0 Å². The molecule has 0 heterocycles. The molecule has 0 atom stereocenters. The molecule has 0 aliphatic carbocycles. The van der Waals surface area contributed by atoms with Crippen LogP contribution in [0.15, 0.2) is 0 Å². The summed E-state index contributed by atoms with van der Waals surface area (Å²) in [5, 5.41) is 16.9. The van der Waals surface area contributed by atoms with E-state index < -0.39 is 14.7 Å². The first-order valence-electron chi connectivity index (χ1n) is 5.68. The van der Waals surface area contributed by atoms with Gasteiger partial charge in [0.25, 0.3) is 0 Å². The molecule has 0 aromatic carbocycles. The summed E-state index contributed by atoms with van der Waals surface area (Å²) in [7, 11) is -1.59. The molecular formula is C11H30O6P2. The Hall–Kier alpha value is 0.300. The van der Waals surface area contributed by atoms with Crippen molar-refractivity contribution in [2.75, 3.05) is 54.1 Å². The molecule has 0 amide bonds. The molecule has 0 aliphatic rings. The van der Waals surface area contributed by atoms with Crippen LogP contribution in [0.2, 0.25) is 0 Å². The minimum absolute atomic E-state index is 0.0451. The zero-order valence-electron chi connectivity index (χ0n) is 13.3. The molecule has 0 rings (SSSR count). The lowest BCUT2D eigenvalue weighted by atomic mass is 9.97. The lowest BCUT2D eigenvalue weighted by Crippen LogP contribution is -2.20. The molecule has 120 valence electrons. The Balaban J connectivity index is -0.000000206. The molecule has 19 heavy (non-hydrogen) atoms. The Labute approximate surface area is 117 Å². The van der Waals surface area contributed by atoms with Crippen LogP contribution < -0.4 is 0 Å². The van der Waals surface area contributed by atoms with Crippen molar-refractivity contribution in [3.8, 4) is 0 Å². The minimum atomic E-state index is -2.65. The smallest absolute Gasteiger partial charge is 0.327 e. The molecule has 6 nitrogen and oxygen atoms in total. The van der Waals surface area contributed by atoms with Gasteiger partial charge in [0.1, 0.15) is 0 Å². The Kier molecular flexibility index (Phi) is 14.1. The lowest BCUT2D eigenvalue weighted by molar-refractivity contribution is 0.0857. The van der Waals surface area contributed by atoms with Crippen molar-refractivity contribution in [2.24, 2.45) is 5.41 Å². The third-order valence-corrected chi connectivity index (χ3v) is 2.85. The van der Waals surface area contributed by atoms with Crippen molar-refractivity contribution in [2.45, 2.75) is 13.8 Å². The number of hydrogen-bond donors (Lipinski definition) is 2. The van der Waals surface area contributed by atoms with Gasteiger partial charge < -0.3 is 23.8 Å². The molecule has 0 spiro atoms. The largest absolute Gasteiger partial charge is 0.396 e. The van der Waals surface area contributed by atoms with E-state index >= 15 is 0 Å². The van der Waals surface area contributed by atoms with E-state index in [-0.39, 0.29) is 18.6 Å². The molecule has 0 bridgehead atoms. The fourth-order valence-electron chi connectivity index (χ4n) is 0.125. The van der Waals surface area contributed by atoms with Crippen molar-refractivity contribution in [1.82, 2.24) is 0 Å². The van der Waals surface area contributed by atoms with Crippen LogP contribution in [-0.4, -0.2) is 64.3 Å². The summed E-state index contributed by atoms with van der Waals surface area (Å²) >= 11 is 0. The Morgan fingerprint density at radius 2 is 1.11 bits per heavy atom. The third kappa shape index (κ3) is 32.1. The van der Waals surface area contributed by atoms with Gasteiger partial charge in [-0.05, 0) is 20.0 Å². The first-order chi connectivity index (χ1) is 8.24. The van der Waals surface area contributed by atoms with E-state index in [1.54, 1.807) is 33.8 Å². The van der Waals surface area contributed by atoms with E-state index in [2.05, 4.69) is 9.05 Å². The molecule has 0 aromatic heterocycles. The van der Waals surface area contributed by atoms with Crippen LogP contribution in [0.4, 0.5) is 0 Å². The molecule has 0 aliphatic heterocycles. The van der Waals surface area contributed by atoms with Crippen LogP contribution in [0, 0.1) is 5.41 Å². The second kappa shape index (κ2) is 11.0. The molecule has 0 fully saturated rings. The summed E-state index contributed by atoms with van der Waals surface area (Å²) in [4.78, 5) is 0. The quantitative estimate of drug-likeness (QED) is 0.772. The first kappa shape index (κ1) is 24.3. The van der Waals surface area contributed by atoms with Gasteiger partial charge in [-0.25, -0.2) is 0 Å². The van der Waals surface area contributed by atoms with Gasteiger partial charge in [0.05, 0.1) is 20.4 Å². The van der Waals surface area contributed by atoms with Gasteiger partial charge in [-0.3, -0.25) is 4.57 Å². The average molecular weight is 320 g/mol. The van der Waals surface area contributed by atoms with Crippen molar-refractivity contribution < 1.29 is 28.4 Å². The van der Waals surface area contributed by atoms with Gasteiger partial charge in [-0.15, -0.1) is 0 Å². The van der Waals surface area contributed by atoms with Crippen molar-refractivity contribution in [3.63, 3.8) is 0 Å². The Bertz CT molecular complexity index is 275. The predicted molar refractivity (Wildman–Crippen MR) is 80.9 cm³/mol. The van der Waals surface area contributed by atoms with E-state index in [0.717, 1.165) is 0 Å². The zero-order valence-corrected chi connectivity index (χ0v) is 15.1. The van der Waals surface area contributed by atoms with Gasteiger partial charge >= 0.3 is 7.60 Å². The van der Waals surface area contributed by atoms with Crippen molar-refractivity contribution >= 4 is 14.7 Å². The van der Waals surface area contributed by atoms with Gasteiger partial charge in [-0.1, -0.05) is 13.8 Å². The molecule has 0 unspecified atom stereocenters. The SMILES string of the molecule is CC(C)(CO)CO.COP(C)(=O)OC.CP(C)(C)=O. The summed E-state index contributed by atoms with van der Waals surface area (Å²) < 4.78 is 29.6. The molecule has 0 saturated carbocycles. The summed E-state index contributed by atoms with van der Waals surface area (Å²) in [6, 6.07) is 0. The van der Waals surface area contributed by atoms with Gasteiger partial charge in [-0.2, -0.15) is 0 Å². The van der Waals surface area contributed by atoms with Crippen LogP contribution >= 0.6 is 14.7 Å². The second-order valence-electron chi connectivity index (χ2n) is 5.51. The highest BCUT2D eigenvalue weighted by molar-refractivity contribution is 7.61. The zero-order chi connectivity index (χ0) is 16.3. The molecule has 2 N–H and O–H groups in total. The highest BCUT2D eigenvalue weighted by Crippen LogP contribution is 2.40. The van der Waals surface area contributed by atoms with Gasteiger partial charge in [0.15, 0.2) is 0 Å². The molecule has 8 heteroatoms. The van der Waals surface area contributed by atoms with Crippen LogP contribution in [0.1, 0.15) is 13.8 Å². The molecule has 0 aromatic rings. The van der Waals surface area contributed by atoms with E-state index in [1.165, 1.54) is 20.9 Å². The third-order valence-electron chi connectivity index (χ3n) is 1.52. The topological polar surface area (TPSA) is 93.1 Å². The van der Waals surface area contributed by atoms with Gasteiger partial charge in [0.2, 0.25) is 0 Å². The predicted octanol–water partition coefficient (Wildman–Crippen LogP) is 2.34. The monoisotopic (exact) mass is 320 g/mol. The number of aliphatic hydroxyl groups excluding tert-OH is 2. The summed E-state index contributed by atoms with van der Waals surface area (Å²) in [6.07, 6.45) is 0. The second-order valence-corrected chi connectivity index (χ2v) is 11.6. The van der Waals surface area contributed by atoms with Crippen LogP contribution in [0.25, 0.3) is 0 Å². The van der Waals surface area contributed by atoms with Crippen molar-refractivity contribution in [1.29, 1.82) is 0 Å².